The van der Waals surface area contributed by atoms with Gasteiger partial charge in [-0.25, -0.2) is 9.78 Å². The van der Waals surface area contributed by atoms with Crippen LogP contribution in [0.4, 0.5) is 0 Å². The second kappa shape index (κ2) is 4.77. The van der Waals surface area contributed by atoms with Gasteiger partial charge in [-0.15, -0.1) is 0 Å². The Labute approximate surface area is 115 Å². The summed E-state index contributed by atoms with van der Waals surface area (Å²) in [6.07, 6.45) is 5.59. The van der Waals surface area contributed by atoms with Gasteiger partial charge in [0, 0.05) is 30.4 Å². The first-order chi connectivity index (χ1) is 9.72. The van der Waals surface area contributed by atoms with E-state index in [9.17, 15) is 9.90 Å². The van der Waals surface area contributed by atoms with Crippen LogP contribution in [0, 0.1) is 0 Å². The highest BCUT2D eigenvalue weighted by atomic mass is 16.4. The molecular formula is C15H13N3O2. The summed E-state index contributed by atoms with van der Waals surface area (Å²) < 4.78 is 1.83. The van der Waals surface area contributed by atoms with Crippen LogP contribution in [0.1, 0.15) is 23.1 Å². The predicted molar refractivity (Wildman–Crippen MR) is 75.2 cm³/mol. The van der Waals surface area contributed by atoms with E-state index in [0.717, 1.165) is 23.1 Å². The monoisotopic (exact) mass is 267 g/mol. The number of carboxylic acids is 1. The van der Waals surface area contributed by atoms with Crippen molar-refractivity contribution in [2.45, 2.75) is 13.3 Å². The van der Waals surface area contributed by atoms with Crippen molar-refractivity contribution in [1.29, 1.82) is 0 Å². The Balaban J connectivity index is 2.42. The topological polar surface area (TPSA) is 68.0 Å². The van der Waals surface area contributed by atoms with Crippen molar-refractivity contribution in [3.8, 4) is 5.69 Å². The van der Waals surface area contributed by atoms with Crippen LogP contribution in [-0.4, -0.2) is 25.6 Å². The number of rotatable bonds is 3. The van der Waals surface area contributed by atoms with E-state index in [2.05, 4.69) is 9.97 Å². The van der Waals surface area contributed by atoms with Crippen molar-refractivity contribution in [3.05, 3.63) is 54.2 Å². The Hall–Kier alpha value is -2.69. The summed E-state index contributed by atoms with van der Waals surface area (Å²) in [5, 5.41) is 10.2. The molecule has 1 N–H and O–H groups in total. The highest BCUT2D eigenvalue weighted by Crippen LogP contribution is 2.25. The Morgan fingerprint density at radius 3 is 2.85 bits per heavy atom. The molecule has 3 rings (SSSR count). The van der Waals surface area contributed by atoms with Crippen LogP contribution in [0.25, 0.3) is 16.6 Å². The second-order valence-corrected chi connectivity index (χ2v) is 4.41. The van der Waals surface area contributed by atoms with Gasteiger partial charge in [0.15, 0.2) is 0 Å². The molecule has 0 saturated heterocycles. The normalized spacial score (nSPS) is 10.8. The zero-order valence-electron chi connectivity index (χ0n) is 10.9. The number of benzene rings is 1. The average molecular weight is 267 g/mol. The maximum absolute atomic E-state index is 11.5. The fraction of sp³-hybridized carbons (Fsp3) is 0.133. The van der Waals surface area contributed by atoms with Crippen molar-refractivity contribution in [3.63, 3.8) is 0 Å². The van der Waals surface area contributed by atoms with Crippen LogP contribution >= 0.6 is 0 Å². The molecule has 3 aromatic rings. The van der Waals surface area contributed by atoms with E-state index in [4.69, 9.17) is 0 Å². The van der Waals surface area contributed by atoms with Crippen LogP contribution < -0.4 is 0 Å². The molecule has 0 spiro atoms. The van der Waals surface area contributed by atoms with Gasteiger partial charge in [-0.1, -0.05) is 25.1 Å². The molecule has 5 nitrogen and oxygen atoms in total. The molecule has 0 radical (unpaired) electrons. The van der Waals surface area contributed by atoms with E-state index in [1.807, 2.05) is 35.8 Å². The molecule has 0 fully saturated rings. The minimum atomic E-state index is -0.992. The number of carbonyl (C=O) groups is 1. The highest BCUT2D eigenvalue weighted by Gasteiger charge is 2.17. The molecule has 20 heavy (non-hydrogen) atoms. The second-order valence-electron chi connectivity index (χ2n) is 4.41. The van der Waals surface area contributed by atoms with E-state index in [1.165, 1.54) is 6.20 Å². The summed E-state index contributed by atoms with van der Waals surface area (Å²) >= 11 is 0. The third-order valence-corrected chi connectivity index (χ3v) is 3.25. The van der Waals surface area contributed by atoms with Gasteiger partial charge in [0.2, 0.25) is 0 Å². The van der Waals surface area contributed by atoms with Gasteiger partial charge in [-0.3, -0.25) is 4.98 Å². The molecule has 5 heteroatoms. The fourth-order valence-corrected chi connectivity index (χ4v) is 2.34. The number of hydrogen-bond acceptors (Lipinski definition) is 3. The van der Waals surface area contributed by atoms with Crippen LogP contribution in [0.3, 0.4) is 0 Å². The first-order valence-corrected chi connectivity index (χ1v) is 6.36. The van der Waals surface area contributed by atoms with E-state index in [1.54, 1.807) is 12.4 Å². The first-order valence-electron chi connectivity index (χ1n) is 6.36. The summed E-state index contributed by atoms with van der Waals surface area (Å²) in [6, 6.07) is 7.51. The number of fused-ring (bicyclic) bond motifs is 1. The lowest BCUT2D eigenvalue weighted by atomic mass is 10.1. The largest absolute Gasteiger partial charge is 0.478 e. The smallest absolute Gasteiger partial charge is 0.339 e. The summed E-state index contributed by atoms with van der Waals surface area (Å²) in [4.78, 5) is 20.0. The molecule has 0 aliphatic carbocycles. The first kappa shape index (κ1) is 12.3. The summed E-state index contributed by atoms with van der Waals surface area (Å²) in [5.74, 6) is -0.169. The third-order valence-electron chi connectivity index (χ3n) is 3.25. The number of carboxylic acid groups (broad SMARTS) is 1. The number of hydrogen-bond donors (Lipinski definition) is 1. The van der Waals surface area contributed by atoms with Crippen LogP contribution in [0.5, 0.6) is 0 Å². The maximum atomic E-state index is 11.5. The lowest BCUT2D eigenvalue weighted by Gasteiger charge is -2.13. The number of imidazole rings is 1. The number of pyridine rings is 1. The Kier molecular flexibility index (Phi) is 2.95. The molecule has 0 bridgehead atoms. The maximum Gasteiger partial charge on any atom is 0.339 e. The standard InChI is InChI=1S/C15H13N3O2/c1-2-13-16-7-8-18(13)14-10-5-3-4-6-12(10)17-9-11(14)15(19)20/h3-9H,2H2,1H3,(H,19,20). The van der Waals surface area contributed by atoms with Crippen LogP contribution in [-0.2, 0) is 6.42 Å². The molecule has 2 aromatic heterocycles. The molecule has 0 aliphatic heterocycles. The number of aromatic nitrogens is 3. The van der Waals surface area contributed by atoms with Gasteiger partial charge in [0.05, 0.1) is 11.2 Å². The van der Waals surface area contributed by atoms with E-state index in [0.29, 0.717) is 5.69 Å². The molecule has 0 atom stereocenters. The van der Waals surface area contributed by atoms with Crippen molar-refractivity contribution in [1.82, 2.24) is 14.5 Å². The van der Waals surface area contributed by atoms with Crippen molar-refractivity contribution >= 4 is 16.9 Å². The van der Waals surface area contributed by atoms with Gasteiger partial charge in [-0.05, 0) is 6.07 Å². The van der Waals surface area contributed by atoms with Gasteiger partial charge in [0.25, 0.3) is 0 Å². The Morgan fingerprint density at radius 2 is 2.10 bits per heavy atom. The molecule has 0 amide bonds. The Bertz CT molecular complexity index is 793. The minimum Gasteiger partial charge on any atom is -0.478 e. The van der Waals surface area contributed by atoms with Gasteiger partial charge >= 0.3 is 5.97 Å². The van der Waals surface area contributed by atoms with Crippen molar-refractivity contribution < 1.29 is 9.90 Å². The molecule has 1 aromatic carbocycles. The predicted octanol–water partition coefficient (Wildman–Crippen LogP) is 2.68. The van der Waals surface area contributed by atoms with Crippen molar-refractivity contribution in [2.75, 3.05) is 0 Å². The van der Waals surface area contributed by atoms with Gasteiger partial charge in [0.1, 0.15) is 11.4 Å². The summed E-state index contributed by atoms with van der Waals surface area (Å²) in [6.45, 7) is 1.99. The lowest BCUT2D eigenvalue weighted by molar-refractivity contribution is 0.0696. The number of aryl methyl sites for hydroxylation is 1. The Morgan fingerprint density at radius 1 is 1.30 bits per heavy atom. The van der Waals surface area contributed by atoms with Gasteiger partial charge < -0.3 is 9.67 Å². The molecular weight excluding hydrogens is 254 g/mol. The zero-order chi connectivity index (χ0) is 14.1. The quantitative estimate of drug-likeness (QED) is 0.792. The van der Waals surface area contributed by atoms with E-state index < -0.39 is 5.97 Å². The molecule has 0 saturated carbocycles. The number of para-hydroxylation sites is 1. The van der Waals surface area contributed by atoms with Crippen molar-refractivity contribution in [2.24, 2.45) is 0 Å². The summed E-state index contributed by atoms with van der Waals surface area (Å²) in [7, 11) is 0. The number of nitrogens with zero attached hydrogens (tertiary/aromatic N) is 3. The van der Waals surface area contributed by atoms with Crippen LogP contribution in [0.15, 0.2) is 42.9 Å². The zero-order valence-corrected chi connectivity index (χ0v) is 10.9. The van der Waals surface area contributed by atoms with Gasteiger partial charge in [-0.2, -0.15) is 0 Å². The van der Waals surface area contributed by atoms with Crippen LogP contribution in [0.2, 0.25) is 0 Å². The third kappa shape index (κ3) is 1.84. The average Bonchev–Trinajstić information content (AvgIpc) is 2.93. The minimum absolute atomic E-state index is 0.177. The van der Waals surface area contributed by atoms with E-state index >= 15 is 0 Å². The molecule has 100 valence electrons. The SMILES string of the molecule is CCc1nccn1-c1c(C(=O)O)cnc2ccccc12. The molecule has 2 heterocycles. The number of aromatic carboxylic acids is 1. The lowest BCUT2D eigenvalue weighted by Crippen LogP contribution is -2.09. The van der Waals surface area contributed by atoms with E-state index in [-0.39, 0.29) is 5.56 Å². The molecule has 0 unspecified atom stereocenters. The molecule has 0 aliphatic rings. The highest BCUT2D eigenvalue weighted by molar-refractivity contribution is 6.00. The fourth-order valence-electron chi connectivity index (χ4n) is 2.34. The summed E-state index contributed by atoms with van der Waals surface area (Å²) in [5.41, 5.74) is 1.57.